The number of carbonyl (C=O) groups is 2. The fourth-order valence-electron chi connectivity index (χ4n) is 2.78. The number of ketones is 1. The molecule has 2 aromatic rings. The lowest BCUT2D eigenvalue weighted by Gasteiger charge is -2.14. The monoisotopic (exact) mass is 463 g/mol. The molecule has 2 aromatic carbocycles. The van der Waals surface area contributed by atoms with E-state index in [9.17, 15) is 9.59 Å². The SMILES string of the molecule is CCOc1cccc(N=NC(C(C)=O)C(=O)Nc2cc(Cl)c(OC)c(OC)c2)c1OCC. The Morgan fingerprint density at radius 3 is 2.34 bits per heavy atom. The van der Waals surface area contributed by atoms with Crippen molar-refractivity contribution in [3.8, 4) is 23.0 Å². The summed E-state index contributed by atoms with van der Waals surface area (Å²) in [6.45, 7) is 5.74. The second-order valence-corrected chi connectivity index (χ2v) is 6.79. The molecule has 0 aliphatic carbocycles. The van der Waals surface area contributed by atoms with Crippen LogP contribution in [0.15, 0.2) is 40.6 Å². The van der Waals surface area contributed by atoms with E-state index in [-0.39, 0.29) is 5.02 Å². The molecule has 9 nitrogen and oxygen atoms in total. The van der Waals surface area contributed by atoms with E-state index in [4.69, 9.17) is 30.5 Å². The predicted molar refractivity (Wildman–Crippen MR) is 121 cm³/mol. The maximum atomic E-state index is 12.8. The van der Waals surface area contributed by atoms with Crippen LogP contribution in [0.5, 0.6) is 23.0 Å². The van der Waals surface area contributed by atoms with Gasteiger partial charge >= 0.3 is 0 Å². The number of nitrogens with zero attached hydrogens (tertiary/aromatic N) is 2. The third kappa shape index (κ3) is 6.10. The van der Waals surface area contributed by atoms with Gasteiger partial charge in [0.2, 0.25) is 6.04 Å². The fraction of sp³-hybridized carbons (Fsp3) is 0.364. The number of ether oxygens (including phenoxy) is 4. The molecule has 0 aromatic heterocycles. The van der Waals surface area contributed by atoms with Crippen molar-refractivity contribution in [3.05, 3.63) is 35.4 Å². The van der Waals surface area contributed by atoms with Crippen LogP contribution in [0, 0.1) is 0 Å². The standard InChI is InChI=1S/C22H26ClN3O6/c1-6-31-17-10-8-9-16(21(17)32-7-2)25-26-19(13(3)27)22(28)24-14-11-15(23)20(30-5)18(12-14)29-4/h8-12,19H,6-7H2,1-5H3,(H,24,28). The number of nitrogens with one attached hydrogen (secondary N) is 1. The van der Waals surface area contributed by atoms with Gasteiger partial charge in [-0.3, -0.25) is 9.59 Å². The molecule has 0 saturated carbocycles. The molecular formula is C22H26ClN3O6. The zero-order valence-electron chi connectivity index (χ0n) is 18.6. The minimum absolute atomic E-state index is 0.234. The molecule has 0 fully saturated rings. The van der Waals surface area contributed by atoms with Crippen LogP contribution < -0.4 is 24.3 Å². The van der Waals surface area contributed by atoms with E-state index in [1.54, 1.807) is 18.2 Å². The van der Waals surface area contributed by atoms with Crippen molar-refractivity contribution in [2.45, 2.75) is 26.8 Å². The van der Waals surface area contributed by atoms with Gasteiger partial charge in [0.15, 0.2) is 28.8 Å². The van der Waals surface area contributed by atoms with Crippen LogP contribution in [0.2, 0.25) is 5.02 Å². The van der Waals surface area contributed by atoms with Gasteiger partial charge < -0.3 is 24.3 Å². The molecular weight excluding hydrogens is 438 g/mol. The van der Waals surface area contributed by atoms with Gasteiger partial charge in [-0.15, -0.1) is 0 Å². The third-order valence-electron chi connectivity index (χ3n) is 4.16. The fourth-order valence-corrected chi connectivity index (χ4v) is 3.07. The number of amides is 1. The van der Waals surface area contributed by atoms with Gasteiger partial charge in [0.25, 0.3) is 5.91 Å². The van der Waals surface area contributed by atoms with Crippen molar-refractivity contribution >= 4 is 34.7 Å². The van der Waals surface area contributed by atoms with Crippen molar-refractivity contribution in [1.82, 2.24) is 0 Å². The van der Waals surface area contributed by atoms with E-state index in [1.807, 2.05) is 13.8 Å². The Bertz CT molecular complexity index is 996. The van der Waals surface area contributed by atoms with Gasteiger partial charge in [-0.25, -0.2) is 0 Å². The van der Waals surface area contributed by atoms with Crippen LogP contribution in [0.25, 0.3) is 0 Å². The Morgan fingerprint density at radius 1 is 1.03 bits per heavy atom. The molecule has 2 rings (SSSR count). The summed E-state index contributed by atoms with van der Waals surface area (Å²) in [5.74, 6) is 0.364. The smallest absolute Gasteiger partial charge is 0.258 e. The number of Topliss-reactive ketones (excluding diaryl/α,β-unsaturated/α-hetero) is 1. The molecule has 0 radical (unpaired) electrons. The van der Waals surface area contributed by atoms with Crippen LogP contribution in [-0.4, -0.2) is 45.2 Å². The minimum atomic E-state index is -1.38. The highest BCUT2D eigenvalue weighted by Gasteiger charge is 2.24. The highest BCUT2D eigenvalue weighted by Crippen LogP contribution is 2.39. The number of halogens is 1. The molecule has 0 aliphatic rings. The molecule has 0 heterocycles. The number of hydrogen-bond acceptors (Lipinski definition) is 8. The van der Waals surface area contributed by atoms with Crippen LogP contribution in [0.1, 0.15) is 20.8 Å². The van der Waals surface area contributed by atoms with Crippen LogP contribution in [0.3, 0.4) is 0 Å². The highest BCUT2D eigenvalue weighted by atomic mass is 35.5. The number of rotatable bonds is 11. The number of methoxy groups -OCH3 is 2. The number of anilines is 1. The molecule has 0 saturated heterocycles. The van der Waals surface area contributed by atoms with E-state index in [1.165, 1.54) is 33.3 Å². The predicted octanol–water partition coefficient (Wildman–Crippen LogP) is 4.83. The number of hydrogen-bond donors (Lipinski definition) is 1. The lowest BCUT2D eigenvalue weighted by atomic mass is 10.2. The maximum Gasteiger partial charge on any atom is 0.258 e. The number of para-hydroxylation sites is 1. The Morgan fingerprint density at radius 2 is 1.75 bits per heavy atom. The number of azo groups is 1. The summed E-state index contributed by atoms with van der Waals surface area (Å²) in [5.41, 5.74) is 0.651. The van der Waals surface area contributed by atoms with E-state index in [2.05, 4.69) is 15.5 Å². The largest absolute Gasteiger partial charge is 0.493 e. The molecule has 172 valence electrons. The number of carbonyl (C=O) groups excluding carboxylic acids is 2. The zero-order valence-corrected chi connectivity index (χ0v) is 19.4. The normalized spacial score (nSPS) is 11.7. The summed E-state index contributed by atoms with van der Waals surface area (Å²) in [5, 5.41) is 10.9. The second kappa shape index (κ2) is 11.9. The average Bonchev–Trinajstić information content (AvgIpc) is 2.75. The van der Waals surface area contributed by atoms with Gasteiger partial charge in [-0.2, -0.15) is 10.2 Å². The van der Waals surface area contributed by atoms with Crippen molar-refractivity contribution in [2.75, 3.05) is 32.8 Å². The molecule has 1 unspecified atom stereocenters. The van der Waals surface area contributed by atoms with E-state index in [0.717, 1.165) is 0 Å². The van der Waals surface area contributed by atoms with Crippen molar-refractivity contribution in [1.29, 1.82) is 0 Å². The molecule has 10 heteroatoms. The second-order valence-electron chi connectivity index (χ2n) is 6.38. The van der Waals surface area contributed by atoms with Crippen LogP contribution in [0.4, 0.5) is 11.4 Å². The summed E-state index contributed by atoms with van der Waals surface area (Å²) >= 11 is 6.18. The van der Waals surface area contributed by atoms with Gasteiger partial charge in [0.05, 0.1) is 32.5 Å². The van der Waals surface area contributed by atoms with Gasteiger partial charge in [-0.05, 0) is 39.0 Å². The molecule has 0 spiro atoms. The van der Waals surface area contributed by atoms with E-state index in [0.29, 0.717) is 47.6 Å². The molecule has 1 atom stereocenters. The molecule has 0 aliphatic heterocycles. The number of benzene rings is 2. The third-order valence-corrected chi connectivity index (χ3v) is 4.44. The van der Waals surface area contributed by atoms with Gasteiger partial charge in [-0.1, -0.05) is 17.7 Å². The summed E-state index contributed by atoms with van der Waals surface area (Å²) in [6, 6.07) is 6.73. The van der Waals surface area contributed by atoms with Crippen molar-refractivity contribution in [3.63, 3.8) is 0 Å². The molecule has 1 N–H and O–H groups in total. The average molecular weight is 464 g/mol. The lowest BCUT2D eigenvalue weighted by molar-refractivity contribution is -0.126. The quantitative estimate of drug-likeness (QED) is 0.377. The first kappa shape index (κ1) is 24.9. The first-order valence-corrected chi connectivity index (χ1v) is 10.3. The van der Waals surface area contributed by atoms with Crippen molar-refractivity contribution < 1.29 is 28.5 Å². The van der Waals surface area contributed by atoms with Crippen molar-refractivity contribution in [2.24, 2.45) is 10.2 Å². The Balaban J connectivity index is 2.31. The first-order chi connectivity index (χ1) is 15.4. The Hall–Kier alpha value is -3.33. The first-order valence-electron chi connectivity index (χ1n) is 9.88. The van der Waals surface area contributed by atoms with Gasteiger partial charge in [0.1, 0.15) is 5.69 Å². The van der Waals surface area contributed by atoms with Gasteiger partial charge in [0, 0.05) is 11.8 Å². The Labute approximate surface area is 191 Å². The maximum absolute atomic E-state index is 12.8. The highest BCUT2D eigenvalue weighted by molar-refractivity contribution is 6.32. The van der Waals surface area contributed by atoms with Crippen LogP contribution >= 0.6 is 11.6 Å². The summed E-state index contributed by atoms with van der Waals surface area (Å²) in [4.78, 5) is 24.9. The Kier molecular flexibility index (Phi) is 9.27. The summed E-state index contributed by atoms with van der Waals surface area (Å²) < 4.78 is 21.6. The van der Waals surface area contributed by atoms with Crippen LogP contribution in [-0.2, 0) is 9.59 Å². The molecule has 0 bridgehead atoms. The summed E-state index contributed by atoms with van der Waals surface area (Å²) in [7, 11) is 2.89. The van der Waals surface area contributed by atoms with E-state index < -0.39 is 17.7 Å². The summed E-state index contributed by atoms with van der Waals surface area (Å²) in [6.07, 6.45) is 0. The lowest BCUT2D eigenvalue weighted by Crippen LogP contribution is -2.31. The topological polar surface area (TPSA) is 108 Å². The van der Waals surface area contributed by atoms with E-state index >= 15 is 0 Å². The molecule has 1 amide bonds. The molecule has 32 heavy (non-hydrogen) atoms. The minimum Gasteiger partial charge on any atom is -0.493 e. The zero-order chi connectivity index (χ0) is 23.7.